The average Bonchev–Trinajstić information content (AvgIpc) is 3.21. The highest BCUT2D eigenvalue weighted by atomic mass is 16.3. The van der Waals surface area contributed by atoms with Crippen molar-refractivity contribution in [1.82, 2.24) is 10.2 Å². The summed E-state index contributed by atoms with van der Waals surface area (Å²) >= 11 is 0. The van der Waals surface area contributed by atoms with E-state index in [0.29, 0.717) is 6.04 Å². The van der Waals surface area contributed by atoms with Crippen LogP contribution in [0.3, 0.4) is 0 Å². The Morgan fingerprint density at radius 3 is 2.95 bits per heavy atom. The highest BCUT2D eigenvalue weighted by Gasteiger charge is 2.22. The molecule has 0 saturated heterocycles. The van der Waals surface area contributed by atoms with Gasteiger partial charge in [-0.1, -0.05) is 24.3 Å². The molecule has 0 radical (unpaired) electrons. The Kier molecular flexibility index (Phi) is 3.90. The van der Waals surface area contributed by atoms with Crippen molar-refractivity contribution in [1.29, 1.82) is 0 Å². The van der Waals surface area contributed by atoms with Gasteiger partial charge in [0.25, 0.3) is 0 Å². The third-order valence-corrected chi connectivity index (χ3v) is 3.78. The van der Waals surface area contributed by atoms with E-state index >= 15 is 0 Å². The van der Waals surface area contributed by atoms with Gasteiger partial charge in [0.2, 0.25) is 0 Å². The van der Waals surface area contributed by atoms with Crippen LogP contribution in [-0.4, -0.2) is 24.5 Å². The summed E-state index contributed by atoms with van der Waals surface area (Å²) in [6.45, 7) is 6.41. The topological polar surface area (TPSA) is 28.4 Å². The second-order valence-corrected chi connectivity index (χ2v) is 5.64. The summed E-state index contributed by atoms with van der Waals surface area (Å²) < 4.78 is 6.04. The molecule has 1 aromatic heterocycles. The molecule has 1 aromatic carbocycles. The highest BCUT2D eigenvalue weighted by Crippen LogP contribution is 2.28. The van der Waals surface area contributed by atoms with Crippen molar-refractivity contribution in [2.75, 3.05) is 13.6 Å². The van der Waals surface area contributed by atoms with Gasteiger partial charge < -0.3 is 9.73 Å². The van der Waals surface area contributed by atoms with Crippen LogP contribution >= 0.6 is 0 Å². The molecule has 0 amide bonds. The molecule has 3 heteroatoms. The molecule has 106 valence electrons. The van der Waals surface area contributed by atoms with Crippen molar-refractivity contribution >= 4 is 11.0 Å². The highest BCUT2D eigenvalue weighted by molar-refractivity contribution is 5.82. The van der Waals surface area contributed by atoms with E-state index in [2.05, 4.69) is 36.0 Å². The zero-order valence-electron chi connectivity index (χ0n) is 12.1. The van der Waals surface area contributed by atoms with Gasteiger partial charge >= 0.3 is 0 Å². The van der Waals surface area contributed by atoms with Gasteiger partial charge in [-0.15, -0.1) is 6.58 Å². The lowest BCUT2D eigenvalue weighted by atomic mass is 10.1. The lowest BCUT2D eigenvalue weighted by molar-refractivity contribution is 0.358. The maximum Gasteiger partial charge on any atom is 0.134 e. The van der Waals surface area contributed by atoms with Gasteiger partial charge in [0.05, 0.1) is 6.54 Å². The number of para-hydroxylation sites is 1. The summed E-state index contributed by atoms with van der Waals surface area (Å²) in [6.07, 6.45) is 4.53. The largest absolute Gasteiger partial charge is 0.459 e. The predicted octanol–water partition coefficient (Wildman–Crippen LogP) is 3.30. The van der Waals surface area contributed by atoms with Gasteiger partial charge in [-0.2, -0.15) is 0 Å². The summed E-state index contributed by atoms with van der Waals surface area (Å²) in [5.74, 6) is 1.08. The zero-order valence-corrected chi connectivity index (χ0v) is 12.1. The Morgan fingerprint density at radius 1 is 1.40 bits per heavy atom. The average molecular weight is 270 g/mol. The summed E-state index contributed by atoms with van der Waals surface area (Å²) in [4.78, 5) is 2.25. The molecular weight excluding hydrogens is 248 g/mol. The molecule has 0 atom stereocenters. The van der Waals surface area contributed by atoms with E-state index in [0.717, 1.165) is 31.0 Å². The normalized spacial score (nSPS) is 15.1. The molecule has 1 aliphatic rings. The zero-order chi connectivity index (χ0) is 13.9. The van der Waals surface area contributed by atoms with E-state index in [1.807, 2.05) is 18.2 Å². The third-order valence-electron chi connectivity index (χ3n) is 3.78. The molecule has 0 bridgehead atoms. The molecule has 0 aliphatic heterocycles. The fourth-order valence-electron chi connectivity index (χ4n) is 2.54. The van der Waals surface area contributed by atoms with Crippen molar-refractivity contribution in [3.05, 3.63) is 48.2 Å². The van der Waals surface area contributed by atoms with Crippen LogP contribution in [0.25, 0.3) is 11.0 Å². The van der Waals surface area contributed by atoms with E-state index in [-0.39, 0.29) is 0 Å². The van der Waals surface area contributed by atoms with Crippen molar-refractivity contribution < 1.29 is 4.42 Å². The van der Waals surface area contributed by atoms with Crippen LogP contribution in [0.4, 0.5) is 0 Å². The van der Waals surface area contributed by atoms with Crippen molar-refractivity contribution in [3.63, 3.8) is 0 Å². The fraction of sp³-hybridized carbons (Fsp3) is 0.412. The van der Waals surface area contributed by atoms with Crippen LogP contribution in [0.5, 0.6) is 0 Å². The molecule has 1 heterocycles. The summed E-state index contributed by atoms with van der Waals surface area (Å²) in [7, 11) is 2.11. The maximum atomic E-state index is 6.04. The monoisotopic (exact) mass is 270 g/mol. The number of nitrogens with zero attached hydrogens (tertiary/aromatic N) is 1. The van der Waals surface area contributed by atoms with Gasteiger partial charge in [-0.05, 0) is 26.0 Å². The van der Waals surface area contributed by atoms with Gasteiger partial charge in [0, 0.05) is 30.1 Å². The van der Waals surface area contributed by atoms with Crippen LogP contribution in [0.15, 0.2) is 41.3 Å². The molecule has 0 unspecified atom stereocenters. The summed E-state index contributed by atoms with van der Waals surface area (Å²) in [6, 6.07) is 9.00. The Balaban J connectivity index is 1.87. The van der Waals surface area contributed by atoms with Crippen LogP contribution in [-0.2, 0) is 13.1 Å². The first-order valence-electron chi connectivity index (χ1n) is 7.30. The van der Waals surface area contributed by atoms with Crippen molar-refractivity contribution in [3.8, 4) is 0 Å². The Labute approximate surface area is 120 Å². The first-order chi connectivity index (χ1) is 9.78. The van der Waals surface area contributed by atoms with E-state index in [4.69, 9.17) is 4.42 Å². The van der Waals surface area contributed by atoms with Gasteiger partial charge in [0.1, 0.15) is 11.3 Å². The molecule has 1 fully saturated rings. The first kappa shape index (κ1) is 13.4. The quantitative estimate of drug-likeness (QED) is 0.782. The predicted molar refractivity (Wildman–Crippen MR) is 82.6 cm³/mol. The fourth-order valence-corrected chi connectivity index (χ4v) is 2.54. The van der Waals surface area contributed by atoms with E-state index in [1.165, 1.54) is 23.8 Å². The van der Waals surface area contributed by atoms with Crippen LogP contribution in [0.1, 0.15) is 24.2 Å². The lowest BCUT2D eigenvalue weighted by Crippen LogP contribution is -2.20. The number of likely N-dealkylation sites (N-methyl/N-ethyl adjacent to an activating group) is 1. The molecule has 20 heavy (non-hydrogen) atoms. The number of furan rings is 1. The Hall–Kier alpha value is -1.58. The summed E-state index contributed by atoms with van der Waals surface area (Å²) in [5, 5.41) is 4.78. The van der Waals surface area contributed by atoms with Crippen LogP contribution in [0, 0.1) is 0 Å². The van der Waals surface area contributed by atoms with Crippen LogP contribution < -0.4 is 5.32 Å². The number of nitrogens with one attached hydrogen (secondary N) is 1. The third kappa shape index (κ3) is 2.94. The number of hydrogen-bond acceptors (Lipinski definition) is 3. The minimum Gasteiger partial charge on any atom is -0.459 e. The minimum absolute atomic E-state index is 0.696. The molecular formula is C17H22N2O. The second-order valence-electron chi connectivity index (χ2n) is 5.64. The standard InChI is InChI=1S/C17H22N2O/c1-3-10-19(2)12-15-14-6-4-5-7-16(14)20-17(15)11-18-13-8-9-13/h3-7,13,18H,1,8-12H2,2H3. The Bertz CT molecular complexity index is 598. The van der Waals surface area contributed by atoms with Crippen molar-refractivity contribution in [2.24, 2.45) is 0 Å². The number of rotatable bonds is 7. The maximum absolute atomic E-state index is 6.04. The number of fused-ring (bicyclic) bond motifs is 1. The van der Waals surface area contributed by atoms with Gasteiger partial charge in [-0.25, -0.2) is 0 Å². The van der Waals surface area contributed by atoms with E-state index in [1.54, 1.807) is 0 Å². The molecule has 3 rings (SSSR count). The van der Waals surface area contributed by atoms with E-state index < -0.39 is 0 Å². The SMILES string of the molecule is C=CCN(C)Cc1c(CNC2CC2)oc2ccccc12. The molecule has 1 N–H and O–H groups in total. The Morgan fingerprint density at radius 2 is 2.20 bits per heavy atom. The molecule has 3 nitrogen and oxygen atoms in total. The van der Waals surface area contributed by atoms with Gasteiger partial charge in [-0.3, -0.25) is 4.90 Å². The summed E-state index contributed by atoms with van der Waals surface area (Å²) in [5.41, 5.74) is 2.29. The molecule has 1 aliphatic carbocycles. The first-order valence-corrected chi connectivity index (χ1v) is 7.30. The van der Waals surface area contributed by atoms with Crippen LogP contribution in [0.2, 0.25) is 0 Å². The lowest BCUT2D eigenvalue weighted by Gasteiger charge is -2.14. The smallest absolute Gasteiger partial charge is 0.134 e. The van der Waals surface area contributed by atoms with Gasteiger partial charge in [0.15, 0.2) is 0 Å². The van der Waals surface area contributed by atoms with E-state index in [9.17, 15) is 0 Å². The molecule has 1 saturated carbocycles. The number of hydrogen-bond donors (Lipinski definition) is 1. The molecule has 2 aromatic rings. The van der Waals surface area contributed by atoms with Crippen molar-refractivity contribution in [2.45, 2.75) is 32.0 Å². The molecule has 0 spiro atoms. The number of benzene rings is 1. The second kappa shape index (κ2) is 5.81. The minimum atomic E-state index is 0.696.